The van der Waals surface area contributed by atoms with Crippen LogP contribution in [0.3, 0.4) is 0 Å². The Labute approximate surface area is 226 Å². The van der Waals surface area contributed by atoms with E-state index in [-0.39, 0.29) is 17.0 Å². The van der Waals surface area contributed by atoms with Crippen molar-refractivity contribution in [2.24, 2.45) is 0 Å². The van der Waals surface area contributed by atoms with E-state index < -0.39 is 21.8 Å². The van der Waals surface area contributed by atoms with E-state index in [2.05, 4.69) is 42.0 Å². The first-order chi connectivity index (χ1) is 18.4. The number of nitrogens with zero attached hydrogens (tertiary/aromatic N) is 1. The van der Waals surface area contributed by atoms with Crippen molar-refractivity contribution in [1.82, 2.24) is 4.72 Å². The minimum atomic E-state index is -4.20. The molecule has 2 aromatic carbocycles. The maximum atomic E-state index is 12.9. The highest BCUT2D eigenvalue weighted by atomic mass is 32.2. The number of hydrogen-bond donors (Lipinski definition) is 1. The molecule has 0 saturated heterocycles. The summed E-state index contributed by atoms with van der Waals surface area (Å²) in [6, 6.07) is 24.9. The highest BCUT2D eigenvalue weighted by molar-refractivity contribution is 7.90. The Balaban J connectivity index is 0.000000572. The monoisotopic (exact) mass is 530 g/mol. The second-order valence-electron chi connectivity index (χ2n) is 9.08. The van der Waals surface area contributed by atoms with Gasteiger partial charge in [0.05, 0.1) is 5.69 Å². The molecule has 1 N–H and O–H groups in total. The van der Waals surface area contributed by atoms with Gasteiger partial charge in [-0.2, -0.15) is 0 Å². The third-order valence-corrected chi connectivity index (χ3v) is 7.64. The number of sulfonamides is 1. The topological polar surface area (TPSA) is 83.6 Å². The maximum Gasteiger partial charge on any atom is 0.270 e. The molecule has 7 heteroatoms. The number of carbonyl (C=O) groups is 2. The number of nitrogens with one attached hydrogen (secondary N) is 1. The Kier molecular flexibility index (Phi) is 10.7. The third-order valence-electron chi connectivity index (χ3n) is 6.22. The fraction of sp³-hybridized carbons (Fsp3) is 0.290. The largest absolute Gasteiger partial charge is 0.274 e. The number of unbranched alkanes of at least 4 members (excludes halogenated alkanes) is 6. The molecule has 0 unspecified atom stereocenters. The van der Waals surface area contributed by atoms with Crippen LogP contribution in [0, 0.1) is 12.5 Å². The van der Waals surface area contributed by atoms with Gasteiger partial charge < -0.3 is 0 Å². The summed E-state index contributed by atoms with van der Waals surface area (Å²) in [4.78, 5) is 25.8. The van der Waals surface area contributed by atoms with Crippen molar-refractivity contribution in [3.05, 3.63) is 84.4 Å². The van der Waals surface area contributed by atoms with Crippen molar-refractivity contribution < 1.29 is 18.0 Å². The number of rotatable bonds is 12. The molecule has 2 aliphatic carbocycles. The highest BCUT2D eigenvalue weighted by Gasteiger charge is 2.26. The third kappa shape index (κ3) is 7.80. The zero-order valence-corrected chi connectivity index (χ0v) is 22.5. The van der Waals surface area contributed by atoms with Crippen LogP contribution >= 0.6 is 0 Å². The molecule has 6 nitrogen and oxygen atoms in total. The minimum Gasteiger partial charge on any atom is -0.274 e. The Morgan fingerprint density at radius 2 is 1.34 bits per heavy atom. The number of anilines is 1. The molecule has 0 fully saturated rings. The number of hydrogen-bond acceptors (Lipinski definition) is 4. The van der Waals surface area contributed by atoms with Gasteiger partial charge in [-0.05, 0) is 41.8 Å². The molecule has 2 amide bonds. The molecule has 0 aliphatic heterocycles. The number of fused-ring (bicyclic) bond motifs is 1. The number of para-hydroxylation sites is 1. The van der Waals surface area contributed by atoms with Crippen molar-refractivity contribution in [3.8, 4) is 23.6 Å². The molecule has 2 aliphatic rings. The van der Waals surface area contributed by atoms with Gasteiger partial charge in [-0.15, -0.1) is 0 Å². The number of benzene rings is 3. The van der Waals surface area contributed by atoms with Crippen LogP contribution in [0.5, 0.6) is 0 Å². The van der Waals surface area contributed by atoms with E-state index in [1.165, 1.54) is 48.6 Å². The average Bonchev–Trinajstić information content (AvgIpc) is 2.91. The molecule has 0 heterocycles. The van der Waals surface area contributed by atoms with E-state index >= 15 is 0 Å². The van der Waals surface area contributed by atoms with Crippen molar-refractivity contribution in [1.29, 1.82) is 0 Å². The van der Waals surface area contributed by atoms with Crippen LogP contribution in [0.2, 0.25) is 0 Å². The van der Waals surface area contributed by atoms with Crippen LogP contribution in [-0.2, 0) is 14.8 Å². The summed E-state index contributed by atoms with van der Waals surface area (Å²) in [6.45, 7) is 2.16. The molecule has 0 saturated carbocycles. The van der Waals surface area contributed by atoms with Crippen LogP contribution in [0.15, 0.2) is 83.8 Å². The van der Waals surface area contributed by atoms with E-state index in [0.717, 1.165) is 24.2 Å². The van der Waals surface area contributed by atoms with Gasteiger partial charge in [-0.25, -0.2) is 18.0 Å². The second-order valence-corrected chi connectivity index (χ2v) is 10.7. The van der Waals surface area contributed by atoms with Gasteiger partial charge in [-0.1, -0.05) is 106 Å². The highest BCUT2D eigenvalue weighted by Crippen LogP contribution is 2.29. The zero-order chi connectivity index (χ0) is 27.4. The predicted octanol–water partition coefficient (Wildman–Crippen LogP) is 6.54. The molecule has 4 rings (SSSR count). The SMILES string of the molecule is C#CN(C(=O)c1ccccc1)c1ccccc1S(=O)(=O)NC(=O)CCCCCCCCC.c1cc2ccc1-2. The van der Waals surface area contributed by atoms with Crippen LogP contribution in [0.25, 0.3) is 11.1 Å². The van der Waals surface area contributed by atoms with Crippen molar-refractivity contribution in [3.63, 3.8) is 0 Å². The molecule has 198 valence electrons. The molecule has 0 aromatic heterocycles. The smallest absolute Gasteiger partial charge is 0.270 e. The molecule has 0 atom stereocenters. The fourth-order valence-corrected chi connectivity index (χ4v) is 5.18. The number of carbonyl (C=O) groups excluding carboxylic acids is 2. The summed E-state index contributed by atoms with van der Waals surface area (Å²) in [5, 5.41) is 0. The van der Waals surface area contributed by atoms with E-state index in [9.17, 15) is 18.0 Å². The summed E-state index contributed by atoms with van der Waals surface area (Å²) in [5.41, 5.74) is 3.19. The lowest BCUT2D eigenvalue weighted by Gasteiger charge is -2.19. The molecular formula is C31H34N2O4S. The lowest BCUT2D eigenvalue weighted by atomic mass is 9.95. The van der Waals surface area contributed by atoms with Gasteiger partial charge in [-0.3, -0.25) is 9.59 Å². The Hall–Kier alpha value is -3.89. The van der Waals surface area contributed by atoms with E-state index in [4.69, 9.17) is 6.42 Å². The molecule has 0 bridgehead atoms. The summed E-state index contributed by atoms with van der Waals surface area (Å²) in [6.07, 6.45) is 12.9. The lowest BCUT2D eigenvalue weighted by Crippen LogP contribution is -2.33. The molecule has 0 spiro atoms. The second kappa shape index (κ2) is 14.2. The summed E-state index contributed by atoms with van der Waals surface area (Å²) in [7, 11) is -4.20. The lowest BCUT2D eigenvalue weighted by molar-refractivity contribution is -0.119. The van der Waals surface area contributed by atoms with Gasteiger partial charge in [0, 0.05) is 18.0 Å². The van der Waals surface area contributed by atoms with E-state index in [1.807, 2.05) is 0 Å². The normalized spacial score (nSPS) is 10.9. The van der Waals surface area contributed by atoms with Crippen molar-refractivity contribution in [2.45, 2.75) is 63.2 Å². The van der Waals surface area contributed by atoms with Crippen molar-refractivity contribution >= 4 is 27.5 Å². The molecule has 0 radical (unpaired) electrons. The first-order valence-corrected chi connectivity index (χ1v) is 14.5. The van der Waals surface area contributed by atoms with Gasteiger partial charge in [0.2, 0.25) is 5.91 Å². The Bertz CT molecular complexity index is 1340. The maximum absolute atomic E-state index is 12.9. The average molecular weight is 531 g/mol. The zero-order valence-electron chi connectivity index (χ0n) is 21.7. The van der Waals surface area contributed by atoms with E-state index in [0.29, 0.717) is 12.0 Å². The summed E-state index contributed by atoms with van der Waals surface area (Å²) >= 11 is 0. The number of terminal acetylenes is 1. The van der Waals surface area contributed by atoms with Crippen LogP contribution in [0.1, 0.15) is 68.6 Å². The fourth-order valence-electron chi connectivity index (χ4n) is 3.98. The van der Waals surface area contributed by atoms with E-state index in [1.54, 1.807) is 36.4 Å². The van der Waals surface area contributed by atoms with Gasteiger partial charge in [0.15, 0.2) is 0 Å². The summed E-state index contributed by atoms with van der Waals surface area (Å²) < 4.78 is 27.9. The minimum absolute atomic E-state index is 0.0140. The quantitative estimate of drug-likeness (QED) is 0.128. The first kappa shape index (κ1) is 28.7. The predicted molar refractivity (Wildman–Crippen MR) is 152 cm³/mol. The Morgan fingerprint density at radius 3 is 1.89 bits per heavy atom. The van der Waals surface area contributed by atoms with Gasteiger partial charge >= 0.3 is 0 Å². The Morgan fingerprint density at radius 1 is 0.789 bits per heavy atom. The molecular weight excluding hydrogens is 496 g/mol. The molecule has 2 aromatic rings. The molecule has 38 heavy (non-hydrogen) atoms. The van der Waals surface area contributed by atoms with Crippen LogP contribution in [0.4, 0.5) is 5.69 Å². The van der Waals surface area contributed by atoms with Gasteiger partial charge in [0.1, 0.15) is 4.90 Å². The standard InChI is InChI=1S/C25H30N2O4S.C6H4/c1-3-5-6-7-8-9-13-20-24(28)26-32(30,31)23-19-15-14-18-22(23)27(4-2)25(29)21-16-11-10-12-17-21;1-2-6-4-3-5(1)6/h2,10-12,14-19H,3,5-9,13,20H2,1H3,(H,26,28);1-4H. The summed E-state index contributed by atoms with van der Waals surface area (Å²) in [5.74, 6) is -1.11. The van der Waals surface area contributed by atoms with Gasteiger partial charge in [0.25, 0.3) is 15.9 Å². The van der Waals surface area contributed by atoms with Crippen LogP contribution in [-0.4, -0.2) is 20.2 Å². The van der Waals surface area contributed by atoms with Crippen molar-refractivity contribution in [2.75, 3.05) is 4.90 Å². The van der Waals surface area contributed by atoms with Crippen LogP contribution < -0.4 is 9.62 Å². The number of amides is 2. The first-order valence-electron chi connectivity index (χ1n) is 13.0.